The molecule has 4 heteroatoms. The highest BCUT2D eigenvalue weighted by Crippen LogP contribution is 2.31. The fraction of sp³-hybridized carbons (Fsp3) is 0.273. The molecule has 2 aromatic rings. The average Bonchev–Trinajstić information content (AvgIpc) is 2.62. The lowest BCUT2D eigenvalue weighted by Crippen LogP contribution is -2.29. The number of benzene rings is 2. The van der Waals surface area contributed by atoms with Gasteiger partial charge in [0, 0.05) is 6.42 Å². The first-order valence-electron chi connectivity index (χ1n) is 8.82. The Morgan fingerprint density at radius 1 is 0.731 bits per heavy atom. The number of aliphatic hydroxyl groups is 2. The quantitative estimate of drug-likeness (QED) is 0.629. The number of hydrogen-bond donors (Lipinski definition) is 4. The van der Waals surface area contributed by atoms with E-state index in [1.807, 2.05) is 30.3 Å². The molecule has 0 fully saturated rings. The van der Waals surface area contributed by atoms with Crippen LogP contribution in [0.1, 0.15) is 30.4 Å². The molecule has 0 spiro atoms. The lowest BCUT2D eigenvalue weighted by Gasteiger charge is -2.28. The topological polar surface area (TPSA) is 80.9 Å². The molecule has 136 valence electrons. The summed E-state index contributed by atoms with van der Waals surface area (Å²) in [6.45, 7) is 0. The lowest BCUT2D eigenvalue weighted by atomic mass is 9.84. The van der Waals surface area contributed by atoms with Crippen LogP contribution < -0.4 is 0 Å². The minimum absolute atomic E-state index is 0.215. The predicted molar refractivity (Wildman–Crippen MR) is 101 cm³/mol. The fourth-order valence-corrected chi connectivity index (χ4v) is 3.18. The van der Waals surface area contributed by atoms with E-state index in [1.54, 1.807) is 30.3 Å². The van der Waals surface area contributed by atoms with Crippen molar-refractivity contribution in [3.8, 4) is 11.5 Å². The van der Waals surface area contributed by atoms with Gasteiger partial charge in [0.25, 0.3) is 0 Å². The standard InChI is InChI=1S/C22H24O4/c23-19-7-2-16(3-8-19)1-6-18-12-14-22(26,15-21(18)25)13-11-17-4-9-20(24)10-5-17/h2-5,7-10,12,14,23-26H,1,6,11,13,15H2. The predicted octanol–water partition coefficient (Wildman–Crippen LogP) is 4.17. The first-order valence-corrected chi connectivity index (χ1v) is 8.82. The molecule has 0 aromatic heterocycles. The van der Waals surface area contributed by atoms with E-state index in [0.717, 1.165) is 23.1 Å². The third-order valence-corrected chi connectivity index (χ3v) is 4.84. The summed E-state index contributed by atoms with van der Waals surface area (Å²) < 4.78 is 0. The Kier molecular flexibility index (Phi) is 5.33. The van der Waals surface area contributed by atoms with E-state index in [1.165, 1.54) is 0 Å². The van der Waals surface area contributed by atoms with E-state index < -0.39 is 5.60 Å². The molecule has 0 saturated carbocycles. The molecule has 3 rings (SSSR count). The van der Waals surface area contributed by atoms with E-state index in [-0.39, 0.29) is 23.7 Å². The van der Waals surface area contributed by atoms with Crippen molar-refractivity contribution in [2.45, 2.75) is 37.7 Å². The first-order chi connectivity index (χ1) is 12.4. The van der Waals surface area contributed by atoms with Crippen molar-refractivity contribution < 1.29 is 20.4 Å². The monoisotopic (exact) mass is 352 g/mol. The van der Waals surface area contributed by atoms with Gasteiger partial charge in [0.1, 0.15) is 11.5 Å². The number of aromatic hydroxyl groups is 2. The van der Waals surface area contributed by atoms with Crippen LogP contribution in [-0.2, 0) is 12.8 Å². The summed E-state index contributed by atoms with van der Waals surface area (Å²) in [6, 6.07) is 14.0. The second-order valence-electron chi connectivity index (χ2n) is 6.92. The largest absolute Gasteiger partial charge is 0.512 e. The van der Waals surface area contributed by atoms with Gasteiger partial charge in [-0.1, -0.05) is 36.4 Å². The molecule has 1 aliphatic rings. The van der Waals surface area contributed by atoms with Crippen LogP contribution >= 0.6 is 0 Å². The Bertz CT molecular complexity index is 803. The Hall–Kier alpha value is -2.72. The van der Waals surface area contributed by atoms with Crippen molar-refractivity contribution >= 4 is 0 Å². The summed E-state index contributed by atoms with van der Waals surface area (Å²) in [5.41, 5.74) is 1.91. The Morgan fingerprint density at radius 3 is 1.81 bits per heavy atom. The number of aryl methyl sites for hydroxylation is 2. The Labute approximate surface area is 153 Å². The maximum Gasteiger partial charge on any atom is 0.115 e. The molecule has 1 unspecified atom stereocenters. The molecule has 1 atom stereocenters. The molecular formula is C22H24O4. The first kappa shape index (κ1) is 18.1. The number of phenols is 2. The highest BCUT2D eigenvalue weighted by molar-refractivity contribution is 5.33. The maximum atomic E-state index is 10.7. The average molecular weight is 352 g/mol. The van der Waals surface area contributed by atoms with Crippen molar-refractivity contribution in [1.29, 1.82) is 0 Å². The van der Waals surface area contributed by atoms with Crippen molar-refractivity contribution in [3.63, 3.8) is 0 Å². The van der Waals surface area contributed by atoms with Crippen molar-refractivity contribution in [3.05, 3.63) is 83.1 Å². The molecule has 0 heterocycles. The number of phenolic OH excluding ortho intramolecular Hbond substituents is 2. The summed E-state index contributed by atoms with van der Waals surface area (Å²) in [4.78, 5) is 0. The zero-order valence-electron chi connectivity index (χ0n) is 14.6. The van der Waals surface area contributed by atoms with Gasteiger partial charge in [0.05, 0.1) is 11.4 Å². The summed E-state index contributed by atoms with van der Waals surface area (Å²) in [5.74, 6) is 0.704. The van der Waals surface area contributed by atoms with Crippen LogP contribution in [0, 0.1) is 0 Å². The van der Waals surface area contributed by atoms with E-state index in [9.17, 15) is 20.4 Å². The van der Waals surface area contributed by atoms with Gasteiger partial charge in [-0.2, -0.15) is 0 Å². The fourth-order valence-electron chi connectivity index (χ4n) is 3.18. The summed E-state index contributed by atoms with van der Waals surface area (Å²) in [7, 11) is 0. The number of rotatable bonds is 6. The second-order valence-corrected chi connectivity index (χ2v) is 6.92. The molecule has 4 N–H and O–H groups in total. The van der Waals surface area contributed by atoms with Crippen LogP contribution in [0.25, 0.3) is 0 Å². The zero-order chi connectivity index (χ0) is 18.6. The molecule has 0 radical (unpaired) electrons. The van der Waals surface area contributed by atoms with Crippen LogP contribution in [0.5, 0.6) is 11.5 Å². The Morgan fingerprint density at radius 2 is 1.27 bits per heavy atom. The zero-order valence-corrected chi connectivity index (χ0v) is 14.6. The molecule has 0 amide bonds. The molecular weight excluding hydrogens is 328 g/mol. The number of hydrogen-bond acceptors (Lipinski definition) is 4. The smallest absolute Gasteiger partial charge is 0.115 e. The van der Waals surface area contributed by atoms with Crippen molar-refractivity contribution in [1.82, 2.24) is 0 Å². The van der Waals surface area contributed by atoms with Crippen LogP contribution in [0.3, 0.4) is 0 Å². The highest BCUT2D eigenvalue weighted by Gasteiger charge is 2.29. The summed E-state index contributed by atoms with van der Waals surface area (Å²) in [6.07, 6.45) is 6.42. The summed E-state index contributed by atoms with van der Waals surface area (Å²) >= 11 is 0. The lowest BCUT2D eigenvalue weighted by molar-refractivity contribution is 0.0675. The third-order valence-electron chi connectivity index (χ3n) is 4.84. The van der Waals surface area contributed by atoms with Gasteiger partial charge in [-0.25, -0.2) is 0 Å². The molecule has 0 saturated heterocycles. The van der Waals surface area contributed by atoms with Gasteiger partial charge in [-0.15, -0.1) is 0 Å². The minimum atomic E-state index is -1.05. The number of aliphatic hydroxyl groups excluding tert-OH is 1. The SMILES string of the molecule is OC1=C(CCc2ccc(O)cc2)C=CC(O)(CCc2ccc(O)cc2)C1. The third kappa shape index (κ3) is 4.67. The van der Waals surface area contributed by atoms with Crippen LogP contribution in [0.2, 0.25) is 0 Å². The molecule has 0 bridgehead atoms. The van der Waals surface area contributed by atoms with E-state index >= 15 is 0 Å². The normalized spacial score (nSPS) is 19.7. The summed E-state index contributed by atoms with van der Waals surface area (Å²) in [5, 5.41) is 39.7. The van der Waals surface area contributed by atoms with E-state index in [0.29, 0.717) is 19.3 Å². The van der Waals surface area contributed by atoms with Gasteiger partial charge in [-0.3, -0.25) is 0 Å². The molecule has 4 nitrogen and oxygen atoms in total. The Balaban J connectivity index is 1.56. The van der Waals surface area contributed by atoms with Gasteiger partial charge in [0.15, 0.2) is 0 Å². The van der Waals surface area contributed by atoms with Gasteiger partial charge in [0.2, 0.25) is 0 Å². The van der Waals surface area contributed by atoms with Gasteiger partial charge < -0.3 is 20.4 Å². The minimum Gasteiger partial charge on any atom is -0.512 e. The van der Waals surface area contributed by atoms with E-state index in [2.05, 4.69) is 0 Å². The molecule has 1 aliphatic carbocycles. The van der Waals surface area contributed by atoms with Crippen molar-refractivity contribution in [2.24, 2.45) is 0 Å². The van der Waals surface area contributed by atoms with Crippen LogP contribution in [-0.4, -0.2) is 26.0 Å². The molecule has 0 aliphatic heterocycles. The van der Waals surface area contributed by atoms with Crippen molar-refractivity contribution in [2.75, 3.05) is 0 Å². The highest BCUT2D eigenvalue weighted by atomic mass is 16.3. The van der Waals surface area contributed by atoms with E-state index in [4.69, 9.17) is 0 Å². The maximum absolute atomic E-state index is 10.7. The number of allylic oxidation sites excluding steroid dienone is 2. The molecule has 2 aromatic carbocycles. The molecule has 26 heavy (non-hydrogen) atoms. The van der Waals surface area contributed by atoms with Crippen LogP contribution in [0.15, 0.2) is 72.0 Å². The van der Waals surface area contributed by atoms with Gasteiger partial charge in [-0.05, 0) is 66.6 Å². The van der Waals surface area contributed by atoms with Crippen LogP contribution in [0.4, 0.5) is 0 Å². The van der Waals surface area contributed by atoms with Gasteiger partial charge >= 0.3 is 0 Å². The second kappa shape index (κ2) is 7.67.